The molecule has 150 valence electrons. The number of hydrogen-bond acceptors (Lipinski definition) is 5. The number of amides is 1. The van der Waals surface area contributed by atoms with E-state index in [0.29, 0.717) is 5.56 Å². The van der Waals surface area contributed by atoms with Crippen molar-refractivity contribution in [3.63, 3.8) is 0 Å². The van der Waals surface area contributed by atoms with E-state index in [1.165, 1.54) is 0 Å². The molecule has 1 heterocycles. The lowest BCUT2D eigenvalue weighted by atomic mass is 9.95. The van der Waals surface area contributed by atoms with E-state index in [9.17, 15) is 4.79 Å². The van der Waals surface area contributed by atoms with Crippen LogP contribution in [-0.4, -0.2) is 18.4 Å². The van der Waals surface area contributed by atoms with Crippen LogP contribution in [0.4, 0.5) is 5.69 Å². The number of benzene rings is 3. The topological polar surface area (TPSA) is 80.6 Å². The molecule has 0 aliphatic rings. The third kappa shape index (κ3) is 4.23. The highest BCUT2D eigenvalue weighted by Gasteiger charge is 2.14. The average molecular weight is 416 g/mol. The molecule has 0 spiro atoms. The normalized spacial score (nSPS) is 11.2. The van der Waals surface area contributed by atoms with E-state index in [-0.39, 0.29) is 5.91 Å². The fourth-order valence-electron chi connectivity index (χ4n) is 3.38. The summed E-state index contributed by atoms with van der Waals surface area (Å²) >= 11 is 1.70. The summed E-state index contributed by atoms with van der Waals surface area (Å²) in [5, 5.41) is 8.53. The number of nitrogens with zero attached hydrogens (tertiary/aromatic N) is 1. The van der Waals surface area contributed by atoms with Crippen LogP contribution in [0.15, 0.2) is 82.5 Å². The first kappa shape index (κ1) is 19.8. The number of fused-ring (bicyclic) bond motifs is 1. The van der Waals surface area contributed by atoms with Crippen molar-refractivity contribution in [1.29, 1.82) is 0 Å². The zero-order valence-electron chi connectivity index (χ0n) is 16.5. The molecule has 0 aliphatic carbocycles. The van der Waals surface area contributed by atoms with Gasteiger partial charge in [0.2, 0.25) is 0 Å². The minimum absolute atomic E-state index is 0.162. The van der Waals surface area contributed by atoms with Gasteiger partial charge in [0.1, 0.15) is 5.76 Å². The number of anilines is 1. The summed E-state index contributed by atoms with van der Waals surface area (Å²) < 4.78 is 5.71. The van der Waals surface area contributed by atoms with Crippen molar-refractivity contribution in [3.8, 4) is 11.1 Å². The van der Waals surface area contributed by atoms with Crippen molar-refractivity contribution in [3.05, 3.63) is 89.9 Å². The minimum Gasteiger partial charge on any atom is -0.468 e. The van der Waals surface area contributed by atoms with E-state index in [0.717, 1.165) is 44.7 Å². The molecular formula is C24H21N3O2S. The Balaban J connectivity index is 1.82. The standard InChI is InChI=1S/C24H21N3O2S/c1-30-15-21-11-19(14-29-21)23-12-18(24(28)27-20-5-3-2-4-6-20)10-17-8-7-16(13-26-25)9-22(17)23/h2-14H,15,25H2,1H3,(H,27,28). The largest absolute Gasteiger partial charge is 0.468 e. The van der Waals surface area contributed by atoms with Crippen molar-refractivity contribution in [2.75, 3.05) is 11.6 Å². The number of thioether (sulfide) groups is 1. The molecule has 4 rings (SSSR count). The van der Waals surface area contributed by atoms with Crippen molar-refractivity contribution in [2.24, 2.45) is 10.9 Å². The highest BCUT2D eigenvalue weighted by molar-refractivity contribution is 7.97. The highest BCUT2D eigenvalue weighted by Crippen LogP contribution is 2.33. The SMILES string of the molecule is CSCc1cc(-c2cc(C(=O)Nc3ccccc3)cc3ccc(C=NN)cc23)co1. The summed E-state index contributed by atoms with van der Waals surface area (Å²) in [6.45, 7) is 0. The Morgan fingerprint density at radius 3 is 2.73 bits per heavy atom. The Hall–Kier alpha value is -3.51. The van der Waals surface area contributed by atoms with Gasteiger partial charge in [0, 0.05) is 16.8 Å². The van der Waals surface area contributed by atoms with E-state index < -0.39 is 0 Å². The van der Waals surface area contributed by atoms with E-state index in [1.54, 1.807) is 24.2 Å². The quantitative estimate of drug-likeness (QED) is 0.247. The molecule has 5 nitrogen and oxygen atoms in total. The second kappa shape index (κ2) is 8.88. The van der Waals surface area contributed by atoms with Gasteiger partial charge in [0.05, 0.1) is 18.2 Å². The first-order chi connectivity index (χ1) is 14.7. The summed E-state index contributed by atoms with van der Waals surface area (Å²) in [5.41, 5.74) is 4.08. The van der Waals surface area contributed by atoms with Crippen LogP contribution < -0.4 is 11.2 Å². The monoisotopic (exact) mass is 415 g/mol. The van der Waals surface area contributed by atoms with Gasteiger partial charge in [0.25, 0.3) is 5.91 Å². The van der Waals surface area contributed by atoms with Crippen molar-refractivity contribution in [2.45, 2.75) is 5.75 Å². The fraction of sp³-hybridized carbons (Fsp3) is 0.0833. The Bertz CT molecular complexity index is 1220. The van der Waals surface area contributed by atoms with Crippen molar-refractivity contribution >= 4 is 40.3 Å². The molecule has 4 aromatic rings. The van der Waals surface area contributed by atoms with Gasteiger partial charge < -0.3 is 15.6 Å². The number of hydrazone groups is 1. The number of hydrogen-bond donors (Lipinski definition) is 2. The number of furan rings is 1. The number of carbonyl (C=O) groups is 1. The van der Waals surface area contributed by atoms with Gasteiger partial charge in [0.15, 0.2) is 0 Å². The summed E-state index contributed by atoms with van der Waals surface area (Å²) in [6, 6.07) is 21.1. The molecule has 1 aromatic heterocycles. The molecule has 0 aliphatic heterocycles. The number of para-hydroxylation sites is 1. The van der Waals surface area contributed by atoms with Crippen LogP contribution in [0.25, 0.3) is 21.9 Å². The average Bonchev–Trinajstić information content (AvgIpc) is 3.22. The lowest BCUT2D eigenvalue weighted by Crippen LogP contribution is -2.12. The van der Waals surface area contributed by atoms with Crippen LogP contribution in [0.2, 0.25) is 0 Å². The van der Waals surface area contributed by atoms with Crippen molar-refractivity contribution in [1.82, 2.24) is 0 Å². The van der Waals surface area contributed by atoms with Gasteiger partial charge in [-0.05, 0) is 64.6 Å². The smallest absolute Gasteiger partial charge is 0.255 e. The summed E-state index contributed by atoms with van der Waals surface area (Å²) in [6.07, 6.45) is 5.38. The molecule has 0 saturated carbocycles. The lowest BCUT2D eigenvalue weighted by Gasteiger charge is -2.11. The second-order valence-corrected chi connectivity index (χ2v) is 7.70. The van der Waals surface area contributed by atoms with Gasteiger partial charge in [-0.3, -0.25) is 4.79 Å². The Morgan fingerprint density at radius 1 is 1.13 bits per heavy atom. The Kier molecular flexibility index (Phi) is 5.86. The third-order valence-electron chi connectivity index (χ3n) is 4.75. The third-order valence-corrected chi connectivity index (χ3v) is 5.32. The number of carbonyl (C=O) groups excluding carboxylic acids is 1. The number of nitrogens with one attached hydrogen (secondary N) is 1. The summed E-state index contributed by atoms with van der Waals surface area (Å²) in [4.78, 5) is 12.9. The Labute approximate surface area is 179 Å². The molecule has 0 atom stereocenters. The van der Waals surface area contributed by atoms with Crippen LogP contribution in [-0.2, 0) is 5.75 Å². The summed E-state index contributed by atoms with van der Waals surface area (Å²) in [7, 11) is 0. The maximum Gasteiger partial charge on any atom is 0.255 e. The van der Waals surface area contributed by atoms with E-state index >= 15 is 0 Å². The van der Waals surface area contributed by atoms with Crippen molar-refractivity contribution < 1.29 is 9.21 Å². The fourth-order valence-corrected chi connectivity index (χ4v) is 3.81. The maximum atomic E-state index is 12.9. The molecule has 6 heteroatoms. The van der Waals surface area contributed by atoms with E-state index in [1.807, 2.05) is 73.0 Å². The molecule has 1 amide bonds. The van der Waals surface area contributed by atoms with Gasteiger partial charge in [-0.2, -0.15) is 16.9 Å². The van der Waals surface area contributed by atoms with Gasteiger partial charge in [-0.15, -0.1) is 0 Å². The molecule has 3 aromatic carbocycles. The lowest BCUT2D eigenvalue weighted by molar-refractivity contribution is 0.102. The van der Waals surface area contributed by atoms with Gasteiger partial charge in [-0.25, -0.2) is 0 Å². The molecule has 0 radical (unpaired) electrons. The molecule has 0 saturated heterocycles. The van der Waals surface area contributed by atoms with Crippen LogP contribution in [0.1, 0.15) is 21.7 Å². The van der Waals surface area contributed by atoms with Crippen LogP contribution in [0.5, 0.6) is 0 Å². The summed E-state index contributed by atoms with van der Waals surface area (Å²) in [5.74, 6) is 6.85. The predicted octanol–water partition coefficient (Wildman–Crippen LogP) is 5.51. The highest BCUT2D eigenvalue weighted by atomic mass is 32.2. The van der Waals surface area contributed by atoms with E-state index in [2.05, 4.69) is 10.4 Å². The predicted molar refractivity (Wildman–Crippen MR) is 125 cm³/mol. The second-order valence-electron chi connectivity index (χ2n) is 6.84. The van der Waals surface area contributed by atoms with Gasteiger partial charge in [-0.1, -0.05) is 30.3 Å². The molecule has 0 fully saturated rings. The Morgan fingerprint density at radius 2 is 1.97 bits per heavy atom. The molecular weight excluding hydrogens is 394 g/mol. The van der Waals surface area contributed by atoms with Crippen LogP contribution in [0, 0.1) is 0 Å². The van der Waals surface area contributed by atoms with Crippen LogP contribution in [0.3, 0.4) is 0 Å². The van der Waals surface area contributed by atoms with Gasteiger partial charge >= 0.3 is 0 Å². The van der Waals surface area contributed by atoms with Crippen LogP contribution >= 0.6 is 11.8 Å². The zero-order chi connectivity index (χ0) is 20.9. The molecule has 3 N–H and O–H groups in total. The number of rotatable bonds is 6. The maximum absolute atomic E-state index is 12.9. The molecule has 0 unspecified atom stereocenters. The molecule has 30 heavy (non-hydrogen) atoms. The zero-order valence-corrected chi connectivity index (χ0v) is 17.3. The first-order valence-corrected chi connectivity index (χ1v) is 10.8. The number of nitrogens with two attached hydrogens (primary N) is 1. The molecule has 0 bridgehead atoms. The first-order valence-electron chi connectivity index (χ1n) is 9.42. The minimum atomic E-state index is -0.162. The van der Waals surface area contributed by atoms with E-state index in [4.69, 9.17) is 10.3 Å².